The molecular formula is C24H40N2. The Hall–Kier alpha value is -0.860. The molecule has 26 heavy (non-hydrogen) atoms. The van der Waals surface area contributed by atoms with Gasteiger partial charge in [0.2, 0.25) is 0 Å². The normalized spacial score (nSPS) is 23.4. The standard InChI is InChI=1S/C24H40N2/c1-4-5-6-10-22-18-20(2)11-12-23(22)19-25-16-13-24(14-17-25)26-15-8-7-9-21(26)3/h11-12,18,21,24H,4-10,13-17,19H2,1-3H3. The topological polar surface area (TPSA) is 6.48 Å². The fraction of sp³-hybridized carbons (Fsp3) is 0.750. The minimum atomic E-state index is 0.808. The van der Waals surface area contributed by atoms with E-state index < -0.39 is 0 Å². The summed E-state index contributed by atoms with van der Waals surface area (Å²) in [5.41, 5.74) is 4.60. The second-order valence-electron chi connectivity index (χ2n) is 8.82. The quantitative estimate of drug-likeness (QED) is 0.590. The van der Waals surface area contributed by atoms with Crippen molar-refractivity contribution in [3.63, 3.8) is 0 Å². The Kier molecular flexibility index (Phi) is 7.57. The van der Waals surface area contributed by atoms with Crippen LogP contribution >= 0.6 is 0 Å². The van der Waals surface area contributed by atoms with Crippen LogP contribution in [0.25, 0.3) is 0 Å². The van der Waals surface area contributed by atoms with E-state index in [1.54, 1.807) is 11.1 Å². The first-order chi connectivity index (χ1) is 12.7. The van der Waals surface area contributed by atoms with Crippen LogP contribution in [0.1, 0.15) is 81.9 Å². The van der Waals surface area contributed by atoms with Crippen molar-refractivity contribution in [1.29, 1.82) is 0 Å². The highest BCUT2D eigenvalue weighted by Crippen LogP contribution is 2.26. The number of piperidine rings is 2. The molecule has 0 amide bonds. The van der Waals surface area contributed by atoms with Crippen LogP contribution < -0.4 is 0 Å². The fourth-order valence-corrected chi connectivity index (χ4v) is 5.02. The number of hydrogen-bond acceptors (Lipinski definition) is 2. The highest BCUT2D eigenvalue weighted by atomic mass is 15.2. The molecule has 1 unspecified atom stereocenters. The Morgan fingerprint density at radius 1 is 0.962 bits per heavy atom. The van der Waals surface area contributed by atoms with Gasteiger partial charge in [-0.2, -0.15) is 0 Å². The van der Waals surface area contributed by atoms with Crippen LogP contribution in [0.4, 0.5) is 0 Å². The molecule has 146 valence electrons. The zero-order valence-corrected chi connectivity index (χ0v) is 17.5. The first-order valence-electron chi connectivity index (χ1n) is 11.2. The number of rotatable bonds is 7. The van der Waals surface area contributed by atoms with Gasteiger partial charge in [0.05, 0.1) is 0 Å². The van der Waals surface area contributed by atoms with Crippen molar-refractivity contribution in [1.82, 2.24) is 9.80 Å². The van der Waals surface area contributed by atoms with Gasteiger partial charge < -0.3 is 0 Å². The Labute approximate surface area is 162 Å². The monoisotopic (exact) mass is 356 g/mol. The number of hydrogen-bond donors (Lipinski definition) is 0. The van der Waals surface area contributed by atoms with Crippen LogP contribution in [0, 0.1) is 6.92 Å². The van der Waals surface area contributed by atoms with E-state index in [0.29, 0.717) is 0 Å². The van der Waals surface area contributed by atoms with E-state index in [1.807, 2.05) is 0 Å². The van der Waals surface area contributed by atoms with Gasteiger partial charge in [-0.15, -0.1) is 0 Å². The summed E-state index contributed by atoms with van der Waals surface area (Å²) in [6.07, 6.45) is 12.2. The van der Waals surface area contributed by atoms with E-state index in [-0.39, 0.29) is 0 Å². The van der Waals surface area contributed by atoms with Crippen molar-refractivity contribution in [3.8, 4) is 0 Å². The van der Waals surface area contributed by atoms with Gasteiger partial charge in [0.25, 0.3) is 0 Å². The molecule has 1 aromatic rings. The van der Waals surface area contributed by atoms with Gasteiger partial charge in [-0.05, 0) is 83.1 Å². The molecule has 0 aliphatic carbocycles. The van der Waals surface area contributed by atoms with Crippen LogP contribution in [0.3, 0.4) is 0 Å². The SMILES string of the molecule is CCCCCc1cc(C)ccc1CN1CCC(N2CCCCC2C)CC1. The zero-order chi connectivity index (χ0) is 18.4. The van der Waals surface area contributed by atoms with Gasteiger partial charge in [-0.1, -0.05) is 49.9 Å². The van der Waals surface area contributed by atoms with Crippen molar-refractivity contribution in [2.75, 3.05) is 19.6 Å². The molecule has 2 saturated heterocycles. The molecule has 2 heterocycles. The molecule has 0 spiro atoms. The summed E-state index contributed by atoms with van der Waals surface area (Å²) in [5.74, 6) is 0. The highest BCUT2D eigenvalue weighted by Gasteiger charge is 2.29. The van der Waals surface area contributed by atoms with Gasteiger partial charge in [0.15, 0.2) is 0 Å². The van der Waals surface area contributed by atoms with E-state index in [0.717, 1.165) is 18.6 Å². The second-order valence-corrected chi connectivity index (χ2v) is 8.82. The third kappa shape index (κ3) is 5.33. The summed E-state index contributed by atoms with van der Waals surface area (Å²) in [5, 5.41) is 0. The van der Waals surface area contributed by atoms with E-state index in [2.05, 4.69) is 48.8 Å². The third-order valence-corrected chi connectivity index (χ3v) is 6.69. The number of unbranched alkanes of at least 4 members (excludes halogenated alkanes) is 2. The van der Waals surface area contributed by atoms with Crippen molar-refractivity contribution < 1.29 is 0 Å². The summed E-state index contributed by atoms with van der Waals surface area (Å²) >= 11 is 0. The number of benzene rings is 1. The third-order valence-electron chi connectivity index (χ3n) is 6.69. The average molecular weight is 357 g/mol. The molecule has 0 radical (unpaired) electrons. The lowest BCUT2D eigenvalue weighted by Crippen LogP contribution is -2.49. The van der Waals surface area contributed by atoms with Crippen LogP contribution in [-0.2, 0) is 13.0 Å². The summed E-state index contributed by atoms with van der Waals surface area (Å²) in [6, 6.07) is 8.79. The summed E-state index contributed by atoms with van der Waals surface area (Å²) in [4.78, 5) is 5.53. The molecule has 3 rings (SSSR count). The lowest BCUT2D eigenvalue weighted by molar-refractivity contribution is 0.0555. The Bertz CT molecular complexity index is 545. The Balaban J connectivity index is 1.54. The van der Waals surface area contributed by atoms with Crippen molar-refractivity contribution in [3.05, 3.63) is 34.9 Å². The van der Waals surface area contributed by atoms with Crippen LogP contribution in [-0.4, -0.2) is 41.5 Å². The maximum atomic E-state index is 2.82. The van der Waals surface area contributed by atoms with Gasteiger partial charge in [-0.25, -0.2) is 0 Å². The Morgan fingerprint density at radius 3 is 2.50 bits per heavy atom. The lowest BCUT2D eigenvalue weighted by atomic mass is 9.95. The summed E-state index contributed by atoms with van der Waals surface area (Å²) in [7, 11) is 0. The van der Waals surface area contributed by atoms with Crippen molar-refractivity contribution in [2.24, 2.45) is 0 Å². The molecular weight excluding hydrogens is 316 g/mol. The van der Waals surface area contributed by atoms with Crippen molar-refractivity contribution >= 4 is 0 Å². The van der Waals surface area contributed by atoms with Gasteiger partial charge >= 0.3 is 0 Å². The largest absolute Gasteiger partial charge is 0.299 e. The molecule has 0 aromatic heterocycles. The fourth-order valence-electron chi connectivity index (χ4n) is 5.02. The van der Waals surface area contributed by atoms with E-state index in [1.165, 1.54) is 83.0 Å². The highest BCUT2D eigenvalue weighted by molar-refractivity contribution is 5.31. The van der Waals surface area contributed by atoms with E-state index in [9.17, 15) is 0 Å². The molecule has 2 aliphatic rings. The molecule has 0 N–H and O–H groups in total. The smallest absolute Gasteiger partial charge is 0.0236 e. The molecule has 2 heteroatoms. The molecule has 0 saturated carbocycles. The van der Waals surface area contributed by atoms with Crippen LogP contribution in [0.2, 0.25) is 0 Å². The predicted octanol–water partition coefficient (Wildman–Crippen LogP) is 5.57. The van der Waals surface area contributed by atoms with Gasteiger partial charge in [-0.3, -0.25) is 9.80 Å². The maximum absolute atomic E-state index is 2.82. The molecule has 1 aromatic carbocycles. The van der Waals surface area contributed by atoms with Crippen LogP contribution in [0.15, 0.2) is 18.2 Å². The number of aryl methyl sites for hydroxylation is 2. The Morgan fingerprint density at radius 2 is 1.77 bits per heavy atom. The molecule has 0 bridgehead atoms. The average Bonchev–Trinajstić information content (AvgIpc) is 2.65. The minimum Gasteiger partial charge on any atom is -0.299 e. The van der Waals surface area contributed by atoms with Crippen molar-refractivity contribution in [2.45, 2.75) is 97.2 Å². The molecule has 2 nitrogen and oxygen atoms in total. The first kappa shape index (κ1) is 19.9. The minimum absolute atomic E-state index is 0.808. The van der Waals surface area contributed by atoms with Gasteiger partial charge in [0.1, 0.15) is 0 Å². The molecule has 2 aliphatic heterocycles. The first-order valence-corrected chi connectivity index (χ1v) is 11.2. The molecule has 1 atom stereocenters. The predicted molar refractivity (Wildman–Crippen MR) is 113 cm³/mol. The summed E-state index contributed by atoms with van der Waals surface area (Å²) in [6.45, 7) is 12.0. The second kappa shape index (κ2) is 9.90. The number of nitrogens with zero attached hydrogens (tertiary/aromatic N) is 2. The van der Waals surface area contributed by atoms with E-state index >= 15 is 0 Å². The lowest BCUT2D eigenvalue weighted by Gasteiger charge is -2.43. The van der Waals surface area contributed by atoms with Crippen LogP contribution in [0.5, 0.6) is 0 Å². The maximum Gasteiger partial charge on any atom is 0.0236 e. The van der Waals surface area contributed by atoms with E-state index in [4.69, 9.17) is 0 Å². The zero-order valence-electron chi connectivity index (χ0n) is 17.5. The molecule has 2 fully saturated rings. The summed E-state index contributed by atoms with van der Waals surface area (Å²) < 4.78 is 0. The number of likely N-dealkylation sites (tertiary alicyclic amines) is 2. The van der Waals surface area contributed by atoms with Gasteiger partial charge in [0, 0.05) is 18.6 Å².